The zero-order valence-electron chi connectivity index (χ0n) is 11.3. The van der Waals surface area contributed by atoms with Gasteiger partial charge in [-0.2, -0.15) is 0 Å². The maximum atomic E-state index is 5.99. The molecule has 0 heterocycles. The highest BCUT2D eigenvalue weighted by Crippen LogP contribution is 2.36. The van der Waals surface area contributed by atoms with Gasteiger partial charge in [0.1, 0.15) is 0 Å². The predicted octanol–water partition coefficient (Wildman–Crippen LogP) is 4.08. The summed E-state index contributed by atoms with van der Waals surface area (Å²) in [6.07, 6.45) is 5.29. The van der Waals surface area contributed by atoms with Crippen LogP contribution in [0.5, 0.6) is 0 Å². The lowest BCUT2D eigenvalue weighted by Gasteiger charge is -2.38. The number of hydrogen-bond acceptors (Lipinski definition) is 2. The van der Waals surface area contributed by atoms with E-state index in [2.05, 4.69) is 53.3 Å². The van der Waals surface area contributed by atoms with Crippen LogP contribution in [0.15, 0.2) is 22.7 Å². The molecule has 0 spiro atoms. The van der Waals surface area contributed by atoms with E-state index in [1.54, 1.807) is 0 Å². The molecule has 1 aliphatic rings. The second kappa shape index (κ2) is 5.62. The molecule has 1 atom stereocenters. The van der Waals surface area contributed by atoms with Gasteiger partial charge in [0.05, 0.1) is 0 Å². The fourth-order valence-electron chi connectivity index (χ4n) is 2.58. The van der Waals surface area contributed by atoms with Crippen LogP contribution in [0.2, 0.25) is 0 Å². The van der Waals surface area contributed by atoms with Gasteiger partial charge in [-0.15, -0.1) is 0 Å². The Bertz CT molecular complexity index is 415. The Labute approximate surface area is 118 Å². The molecular formula is C15H23BrN2. The Morgan fingerprint density at radius 1 is 1.44 bits per heavy atom. The van der Waals surface area contributed by atoms with Gasteiger partial charge >= 0.3 is 0 Å². The van der Waals surface area contributed by atoms with Gasteiger partial charge in [0.2, 0.25) is 0 Å². The molecule has 18 heavy (non-hydrogen) atoms. The summed E-state index contributed by atoms with van der Waals surface area (Å²) in [5.41, 5.74) is 8.42. The van der Waals surface area contributed by atoms with Gasteiger partial charge in [-0.3, -0.25) is 0 Å². The fraction of sp³-hybridized carbons (Fsp3) is 0.600. The van der Waals surface area contributed by atoms with Crippen molar-refractivity contribution >= 4 is 21.6 Å². The molecule has 0 saturated heterocycles. The van der Waals surface area contributed by atoms with Crippen LogP contribution in [0, 0.1) is 12.8 Å². The molecule has 2 rings (SSSR count). The molecule has 0 bridgehead atoms. The number of nitrogens with one attached hydrogen (secondary N) is 1. The molecule has 3 heteroatoms. The molecule has 1 saturated carbocycles. The van der Waals surface area contributed by atoms with Crippen LogP contribution in [0.3, 0.4) is 0 Å². The summed E-state index contributed by atoms with van der Waals surface area (Å²) in [5.74, 6) is 0.856. The van der Waals surface area contributed by atoms with Gasteiger partial charge in [0.25, 0.3) is 0 Å². The molecule has 0 radical (unpaired) electrons. The maximum absolute atomic E-state index is 5.99. The Morgan fingerprint density at radius 3 is 2.72 bits per heavy atom. The van der Waals surface area contributed by atoms with E-state index in [1.165, 1.54) is 31.2 Å². The van der Waals surface area contributed by atoms with Crippen molar-refractivity contribution in [2.75, 3.05) is 11.9 Å². The van der Waals surface area contributed by atoms with Crippen molar-refractivity contribution in [2.45, 2.75) is 45.1 Å². The molecule has 1 aromatic rings. The van der Waals surface area contributed by atoms with Crippen LogP contribution < -0.4 is 11.1 Å². The van der Waals surface area contributed by atoms with Crippen LogP contribution in [0.4, 0.5) is 5.69 Å². The summed E-state index contributed by atoms with van der Waals surface area (Å²) >= 11 is 3.61. The fourth-order valence-corrected chi connectivity index (χ4v) is 2.93. The predicted molar refractivity (Wildman–Crippen MR) is 81.9 cm³/mol. The van der Waals surface area contributed by atoms with E-state index in [0.29, 0.717) is 6.54 Å². The number of nitrogens with two attached hydrogens (primary N) is 1. The zero-order chi connectivity index (χ0) is 13.2. The number of hydrogen-bond donors (Lipinski definition) is 2. The normalized spacial score (nSPS) is 19.1. The molecule has 0 aliphatic heterocycles. The molecule has 3 N–H and O–H groups in total. The van der Waals surface area contributed by atoms with E-state index >= 15 is 0 Å². The minimum Gasteiger partial charge on any atom is -0.378 e. The summed E-state index contributed by atoms with van der Waals surface area (Å²) in [7, 11) is 0. The molecule has 1 unspecified atom stereocenters. The summed E-state index contributed by atoms with van der Waals surface area (Å²) in [4.78, 5) is 0. The highest BCUT2D eigenvalue weighted by atomic mass is 79.9. The molecule has 2 nitrogen and oxygen atoms in total. The number of aryl methyl sites for hydroxylation is 1. The van der Waals surface area contributed by atoms with Gasteiger partial charge in [-0.1, -0.05) is 25.3 Å². The summed E-state index contributed by atoms with van der Waals surface area (Å²) in [6, 6.07) is 6.39. The summed E-state index contributed by atoms with van der Waals surface area (Å²) in [5, 5.41) is 3.64. The van der Waals surface area contributed by atoms with Crippen LogP contribution in [-0.2, 0) is 0 Å². The Hall–Kier alpha value is -0.540. The van der Waals surface area contributed by atoms with Crippen LogP contribution in [0.25, 0.3) is 0 Å². The molecule has 0 aromatic heterocycles. The summed E-state index contributed by atoms with van der Waals surface area (Å²) < 4.78 is 1.11. The van der Waals surface area contributed by atoms with Crippen molar-refractivity contribution in [2.24, 2.45) is 11.7 Å². The molecule has 1 fully saturated rings. The number of halogens is 1. The minimum atomic E-state index is 0.00139. The third-order valence-electron chi connectivity index (χ3n) is 3.97. The maximum Gasteiger partial charge on any atom is 0.0491 e. The SMILES string of the molecule is Cc1ccc(Br)c(NC(C)(CN)CC2CCC2)c1. The second-order valence-corrected chi connectivity index (χ2v) is 6.73. The van der Waals surface area contributed by atoms with E-state index in [1.807, 2.05) is 0 Å². The number of rotatable bonds is 5. The Balaban J connectivity index is 2.10. The first kappa shape index (κ1) is 13.9. The van der Waals surface area contributed by atoms with Gasteiger partial charge < -0.3 is 11.1 Å². The molecule has 1 aliphatic carbocycles. The highest BCUT2D eigenvalue weighted by molar-refractivity contribution is 9.10. The third-order valence-corrected chi connectivity index (χ3v) is 4.66. The van der Waals surface area contributed by atoms with Crippen LogP contribution >= 0.6 is 15.9 Å². The van der Waals surface area contributed by atoms with E-state index < -0.39 is 0 Å². The number of benzene rings is 1. The molecule has 1 aromatic carbocycles. The topological polar surface area (TPSA) is 38.0 Å². The van der Waals surface area contributed by atoms with Crippen molar-refractivity contribution in [1.29, 1.82) is 0 Å². The van der Waals surface area contributed by atoms with Crippen molar-refractivity contribution in [3.05, 3.63) is 28.2 Å². The van der Waals surface area contributed by atoms with E-state index in [4.69, 9.17) is 5.73 Å². The first-order chi connectivity index (χ1) is 8.52. The van der Waals surface area contributed by atoms with Crippen molar-refractivity contribution in [1.82, 2.24) is 0 Å². The molecule has 100 valence electrons. The average Bonchev–Trinajstić information content (AvgIpc) is 2.29. The largest absolute Gasteiger partial charge is 0.378 e. The Kier molecular flexibility index (Phi) is 4.33. The second-order valence-electron chi connectivity index (χ2n) is 5.87. The Morgan fingerprint density at radius 2 is 2.17 bits per heavy atom. The van der Waals surface area contributed by atoms with Crippen molar-refractivity contribution < 1.29 is 0 Å². The molecular weight excluding hydrogens is 288 g/mol. The van der Waals surface area contributed by atoms with Gasteiger partial charge in [0, 0.05) is 22.2 Å². The third kappa shape index (κ3) is 3.27. The average molecular weight is 311 g/mol. The lowest BCUT2D eigenvalue weighted by Crippen LogP contribution is -2.45. The highest BCUT2D eigenvalue weighted by Gasteiger charge is 2.30. The smallest absolute Gasteiger partial charge is 0.0491 e. The monoisotopic (exact) mass is 310 g/mol. The zero-order valence-corrected chi connectivity index (χ0v) is 12.9. The van der Waals surface area contributed by atoms with Crippen molar-refractivity contribution in [3.8, 4) is 0 Å². The lowest BCUT2D eigenvalue weighted by atomic mass is 9.76. The van der Waals surface area contributed by atoms with Gasteiger partial charge in [-0.25, -0.2) is 0 Å². The van der Waals surface area contributed by atoms with Crippen LogP contribution in [-0.4, -0.2) is 12.1 Å². The standard InChI is InChI=1S/C15H23BrN2/c1-11-6-7-13(16)14(8-11)18-15(2,10-17)9-12-4-3-5-12/h6-8,12,18H,3-5,9-10,17H2,1-2H3. The minimum absolute atomic E-state index is 0.00139. The first-order valence-corrected chi connectivity index (χ1v) is 7.56. The molecule has 0 amide bonds. The number of anilines is 1. The lowest BCUT2D eigenvalue weighted by molar-refractivity contribution is 0.248. The van der Waals surface area contributed by atoms with E-state index in [0.717, 1.165) is 16.1 Å². The van der Waals surface area contributed by atoms with Gasteiger partial charge in [0.15, 0.2) is 0 Å². The first-order valence-electron chi connectivity index (χ1n) is 6.77. The van der Waals surface area contributed by atoms with Crippen LogP contribution in [0.1, 0.15) is 38.2 Å². The van der Waals surface area contributed by atoms with E-state index in [9.17, 15) is 0 Å². The van der Waals surface area contributed by atoms with E-state index in [-0.39, 0.29) is 5.54 Å². The quantitative estimate of drug-likeness (QED) is 0.860. The van der Waals surface area contributed by atoms with Gasteiger partial charge in [-0.05, 0) is 59.8 Å². The van der Waals surface area contributed by atoms with Crippen molar-refractivity contribution in [3.63, 3.8) is 0 Å². The summed E-state index contributed by atoms with van der Waals surface area (Å²) in [6.45, 7) is 5.02.